The molecule has 4 rings (SSSR count). The number of halogens is 1. The topological polar surface area (TPSA) is 119 Å². The Morgan fingerprint density at radius 1 is 1.25 bits per heavy atom. The Morgan fingerprint density at radius 2 is 1.94 bits per heavy atom. The minimum absolute atomic E-state index is 0.134. The average Bonchev–Trinajstić information content (AvgIpc) is 3.01. The number of esters is 1. The lowest BCUT2D eigenvalue weighted by atomic mass is 9.44. The van der Waals surface area contributed by atoms with Crippen molar-refractivity contribution in [3.05, 3.63) is 23.8 Å². The smallest absolute Gasteiger partial charge is 0.408 e. The maximum atomic E-state index is 17.4. The molecule has 0 spiro atoms. The standard InChI is InChI=1S/C27H36FNO7/c1-6-29-23(34)36-27(22(33)14-35-16(3)30)15(2)11-20-19-8-7-17-12-18(31)9-10-24(17,4)26(19,28)21(32)13-25(20,27)5/h9-10,12,15,19-21,32H,6-8,11,13-14H2,1-5H3,(H,29,34)/t15-,19-,20-,21-,24-,25-,26-,27-/m0/s1. The predicted molar refractivity (Wildman–Crippen MR) is 127 cm³/mol. The highest BCUT2D eigenvalue weighted by molar-refractivity contribution is 6.01. The number of fused-ring (bicyclic) bond motifs is 5. The Bertz CT molecular complexity index is 1050. The molecule has 198 valence electrons. The van der Waals surface area contributed by atoms with Crippen LogP contribution in [0.4, 0.5) is 9.18 Å². The summed E-state index contributed by atoms with van der Waals surface area (Å²) in [5.41, 5.74) is -5.40. The fourth-order valence-electron chi connectivity index (χ4n) is 8.00. The largest absolute Gasteiger partial charge is 0.458 e. The Morgan fingerprint density at radius 3 is 2.58 bits per heavy atom. The SMILES string of the molecule is CCNC(=O)O[C@]1(C(=O)COC(C)=O)[C@@H](C)C[C@H]2[C@@H]3CCC4=CC(=O)C=C[C@]4(C)[C@@]3(F)[C@@H](O)C[C@@]21C. The Kier molecular flexibility index (Phi) is 6.47. The molecule has 9 heteroatoms. The van der Waals surface area contributed by atoms with E-state index < -0.39 is 70.4 Å². The van der Waals surface area contributed by atoms with E-state index in [1.165, 1.54) is 19.1 Å². The van der Waals surface area contributed by atoms with Crippen LogP contribution in [-0.4, -0.2) is 59.3 Å². The molecule has 0 heterocycles. The first-order valence-corrected chi connectivity index (χ1v) is 12.7. The summed E-state index contributed by atoms with van der Waals surface area (Å²) in [6, 6.07) is 0. The van der Waals surface area contributed by atoms with Gasteiger partial charge in [-0.1, -0.05) is 25.5 Å². The number of ketones is 2. The summed E-state index contributed by atoms with van der Waals surface area (Å²) in [6.07, 6.45) is 3.26. The van der Waals surface area contributed by atoms with Gasteiger partial charge in [-0.2, -0.15) is 0 Å². The van der Waals surface area contributed by atoms with Gasteiger partial charge in [-0.15, -0.1) is 0 Å². The van der Waals surface area contributed by atoms with Crippen molar-refractivity contribution in [2.45, 2.75) is 77.7 Å². The molecular formula is C27H36FNO7. The number of alkyl carbamates (subject to hydrolysis) is 1. The van der Waals surface area contributed by atoms with Crippen molar-refractivity contribution in [1.29, 1.82) is 0 Å². The molecule has 1 amide bonds. The molecule has 3 fully saturated rings. The van der Waals surface area contributed by atoms with Crippen molar-refractivity contribution >= 4 is 23.6 Å². The molecule has 0 bridgehead atoms. The van der Waals surface area contributed by atoms with E-state index >= 15 is 4.39 Å². The lowest BCUT2D eigenvalue weighted by Gasteiger charge is -2.62. The van der Waals surface area contributed by atoms with Gasteiger partial charge in [0.25, 0.3) is 0 Å². The molecule has 2 N–H and O–H groups in total. The Hall–Kier alpha value is -2.55. The number of allylic oxidation sites excluding steroid dienone is 4. The van der Waals surface area contributed by atoms with Crippen molar-refractivity contribution in [2.24, 2.45) is 28.6 Å². The number of nitrogens with one attached hydrogen (secondary N) is 1. The maximum absolute atomic E-state index is 17.4. The number of ether oxygens (including phenoxy) is 2. The summed E-state index contributed by atoms with van der Waals surface area (Å²) < 4.78 is 28.3. The first kappa shape index (κ1) is 26.5. The van der Waals surface area contributed by atoms with Gasteiger partial charge in [0.1, 0.15) is 0 Å². The van der Waals surface area contributed by atoms with Gasteiger partial charge in [0.05, 0.1) is 6.10 Å². The zero-order chi connectivity index (χ0) is 26.7. The van der Waals surface area contributed by atoms with Crippen LogP contribution in [0, 0.1) is 28.6 Å². The van der Waals surface area contributed by atoms with Crippen LogP contribution in [-0.2, 0) is 23.9 Å². The van der Waals surface area contributed by atoms with Crippen LogP contribution >= 0.6 is 0 Å². The summed E-state index contributed by atoms with van der Waals surface area (Å²) in [5, 5.41) is 14.1. The minimum atomic E-state index is -2.07. The molecule has 0 aromatic carbocycles. The highest BCUT2D eigenvalue weighted by Gasteiger charge is 2.77. The van der Waals surface area contributed by atoms with Gasteiger partial charge in [0, 0.05) is 36.1 Å². The fraction of sp³-hybridized carbons (Fsp3) is 0.704. The van der Waals surface area contributed by atoms with Crippen LogP contribution in [0.15, 0.2) is 23.8 Å². The van der Waals surface area contributed by atoms with Gasteiger partial charge in [0.15, 0.2) is 23.7 Å². The van der Waals surface area contributed by atoms with E-state index in [2.05, 4.69) is 5.32 Å². The molecule has 0 radical (unpaired) electrons. The zero-order valence-electron chi connectivity index (χ0n) is 21.6. The molecule has 8 nitrogen and oxygen atoms in total. The zero-order valence-corrected chi connectivity index (χ0v) is 21.6. The molecular weight excluding hydrogens is 469 g/mol. The molecule has 0 aromatic rings. The van der Waals surface area contributed by atoms with Gasteiger partial charge < -0.3 is 19.9 Å². The second-order valence-electron chi connectivity index (χ2n) is 11.3. The summed E-state index contributed by atoms with van der Waals surface area (Å²) in [4.78, 5) is 50.0. The molecule has 0 aliphatic heterocycles. The number of aliphatic hydroxyl groups is 1. The van der Waals surface area contributed by atoms with Crippen molar-refractivity contribution in [3.8, 4) is 0 Å². The van der Waals surface area contributed by atoms with Gasteiger partial charge in [-0.3, -0.25) is 14.4 Å². The molecule has 4 aliphatic rings. The minimum Gasteiger partial charge on any atom is -0.458 e. The maximum Gasteiger partial charge on any atom is 0.408 e. The number of alkyl halides is 1. The number of carbonyl (C=O) groups excluding carboxylic acids is 4. The molecule has 3 saturated carbocycles. The lowest BCUT2D eigenvalue weighted by Crippen LogP contribution is -2.70. The van der Waals surface area contributed by atoms with Crippen LogP contribution < -0.4 is 5.32 Å². The van der Waals surface area contributed by atoms with Crippen molar-refractivity contribution < 1.29 is 38.1 Å². The van der Waals surface area contributed by atoms with Crippen molar-refractivity contribution in [1.82, 2.24) is 5.32 Å². The first-order chi connectivity index (χ1) is 16.8. The van der Waals surface area contributed by atoms with Gasteiger partial charge in [-0.05, 0) is 57.6 Å². The number of aliphatic hydroxyl groups excluding tert-OH is 1. The summed E-state index contributed by atoms with van der Waals surface area (Å²) in [7, 11) is 0. The number of amides is 1. The van der Waals surface area contributed by atoms with Crippen LogP contribution in [0.1, 0.15) is 60.3 Å². The quantitative estimate of drug-likeness (QED) is 0.551. The summed E-state index contributed by atoms with van der Waals surface area (Å²) in [6.45, 7) is 7.89. The molecule has 8 atom stereocenters. The van der Waals surface area contributed by atoms with Crippen LogP contribution in [0.25, 0.3) is 0 Å². The second-order valence-corrected chi connectivity index (χ2v) is 11.3. The molecule has 0 saturated heterocycles. The average molecular weight is 506 g/mol. The van der Waals surface area contributed by atoms with E-state index in [4.69, 9.17) is 9.47 Å². The normalized spacial score (nSPS) is 43.0. The van der Waals surface area contributed by atoms with Gasteiger partial charge in [-0.25, -0.2) is 9.18 Å². The molecule has 0 aromatic heterocycles. The highest BCUT2D eigenvalue weighted by Crippen LogP contribution is 2.71. The third-order valence-corrected chi connectivity index (χ3v) is 9.58. The van der Waals surface area contributed by atoms with Crippen molar-refractivity contribution in [2.75, 3.05) is 13.2 Å². The first-order valence-electron chi connectivity index (χ1n) is 12.7. The fourth-order valence-corrected chi connectivity index (χ4v) is 8.00. The Labute approximate surface area is 210 Å². The van der Waals surface area contributed by atoms with E-state index in [1.54, 1.807) is 33.8 Å². The van der Waals surface area contributed by atoms with E-state index in [-0.39, 0.29) is 18.7 Å². The summed E-state index contributed by atoms with van der Waals surface area (Å²) in [5.74, 6) is -2.98. The lowest BCUT2D eigenvalue weighted by molar-refractivity contribution is -0.219. The number of hydrogen-bond donors (Lipinski definition) is 2. The Balaban J connectivity index is 1.81. The molecule has 0 unspecified atom stereocenters. The second kappa shape index (κ2) is 8.78. The van der Waals surface area contributed by atoms with Crippen molar-refractivity contribution in [3.63, 3.8) is 0 Å². The number of carbonyl (C=O) groups is 4. The van der Waals surface area contributed by atoms with Gasteiger partial charge >= 0.3 is 12.1 Å². The van der Waals surface area contributed by atoms with Crippen LogP contribution in [0.3, 0.4) is 0 Å². The third-order valence-electron chi connectivity index (χ3n) is 9.58. The van der Waals surface area contributed by atoms with E-state index in [1.807, 2.05) is 0 Å². The molecule has 36 heavy (non-hydrogen) atoms. The predicted octanol–water partition coefficient (Wildman–Crippen LogP) is 3.22. The van der Waals surface area contributed by atoms with Crippen LogP contribution in [0.2, 0.25) is 0 Å². The van der Waals surface area contributed by atoms with E-state index in [0.29, 0.717) is 24.8 Å². The van der Waals surface area contributed by atoms with Crippen LogP contribution in [0.5, 0.6) is 0 Å². The molecule has 4 aliphatic carbocycles. The van der Waals surface area contributed by atoms with E-state index in [9.17, 15) is 24.3 Å². The number of rotatable bonds is 5. The number of Topliss-reactive ketones (excluding diaryl/α,β-unsaturated/α-hetero) is 1. The van der Waals surface area contributed by atoms with Gasteiger partial charge in [0.2, 0.25) is 5.78 Å². The number of hydrogen-bond acceptors (Lipinski definition) is 7. The summed E-state index contributed by atoms with van der Waals surface area (Å²) >= 11 is 0. The third kappa shape index (κ3) is 3.41. The van der Waals surface area contributed by atoms with E-state index in [0.717, 1.165) is 0 Å². The highest BCUT2D eigenvalue weighted by atomic mass is 19.1. The monoisotopic (exact) mass is 505 g/mol.